The van der Waals surface area contributed by atoms with Crippen LogP contribution in [0.1, 0.15) is 18.7 Å². The molecule has 1 aliphatic heterocycles. The topological polar surface area (TPSA) is 106 Å². The molecule has 2 aromatic rings. The number of nitrogens with zero attached hydrogens (tertiary/aromatic N) is 4. The highest BCUT2D eigenvalue weighted by Crippen LogP contribution is 2.17. The first-order valence-corrected chi connectivity index (χ1v) is 8.13. The number of hydrogen-bond acceptors (Lipinski definition) is 7. The molecule has 0 aliphatic carbocycles. The summed E-state index contributed by atoms with van der Waals surface area (Å²) in [5.74, 6) is -0.169. The highest BCUT2D eigenvalue weighted by atomic mass is 16.5. The molecule has 0 spiro atoms. The molecule has 1 saturated heterocycles. The van der Waals surface area contributed by atoms with Crippen molar-refractivity contribution in [3.05, 3.63) is 36.2 Å². The van der Waals surface area contributed by atoms with Crippen molar-refractivity contribution in [3.8, 4) is 11.5 Å². The van der Waals surface area contributed by atoms with Crippen LogP contribution in [0.25, 0.3) is 11.5 Å². The highest BCUT2D eigenvalue weighted by Gasteiger charge is 2.32. The molecule has 0 unspecified atom stereocenters. The molecule has 26 heavy (non-hydrogen) atoms. The maximum atomic E-state index is 11.8. The number of carbonyl (C=O) groups is 3. The third-order valence-corrected chi connectivity index (χ3v) is 3.84. The van der Waals surface area contributed by atoms with Crippen molar-refractivity contribution in [1.29, 1.82) is 0 Å². The lowest BCUT2D eigenvalue weighted by atomic mass is 10.2. The smallest absolute Gasteiger partial charge is 0.326 e. The molecule has 0 radical (unpaired) electrons. The van der Waals surface area contributed by atoms with Crippen LogP contribution < -0.4 is 0 Å². The van der Waals surface area contributed by atoms with Gasteiger partial charge in [-0.25, -0.2) is 4.79 Å². The summed E-state index contributed by atoms with van der Waals surface area (Å²) >= 11 is 0. The first-order valence-electron chi connectivity index (χ1n) is 8.13. The summed E-state index contributed by atoms with van der Waals surface area (Å²) in [6, 6.07) is 8.91. The quantitative estimate of drug-likeness (QED) is 0.545. The third-order valence-electron chi connectivity index (χ3n) is 3.84. The summed E-state index contributed by atoms with van der Waals surface area (Å²) in [4.78, 5) is 37.6. The molecule has 1 aliphatic rings. The zero-order valence-corrected chi connectivity index (χ0v) is 14.3. The fourth-order valence-corrected chi connectivity index (χ4v) is 2.49. The second-order valence-corrected chi connectivity index (χ2v) is 5.82. The summed E-state index contributed by atoms with van der Waals surface area (Å²) in [6.07, 6.45) is 0.420. The molecule has 1 aromatic carbocycles. The number of esters is 1. The molecule has 3 amide bonds. The molecular weight excluding hydrogens is 340 g/mol. The van der Waals surface area contributed by atoms with Crippen molar-refractivity contribution >= 4 is 17.9 Å². The number of benzene rings is 1. The van der Waals surface area contributed by atoms with Crippen molar-refractivity contribution in [2.24, 2.45) is 0 Å². The predicted octanol–water partition coefficient (Wildman–Crippen LogP) is 1.45. The van der Waals surface area contributed by atoms with E-state index in [1.807, 2.05) is 30.3 Å². The Bertz CT molecular complexity index is 804. The summed E-state index contributed by atoms with van der Waals surface area (Å²) < 4.78 is 10.5. The molecule has 0 saturated carbocycles. The van der Waals surface area contributed by atoms with Gasteiger partial charge in [-0.05, 0) is 18.6 Å². The van der Waals surface area contributed by atoms with E-state index in [1.54, 1.807) is 7.05 Å². The molecule has 9 nitrogen and oxygen atoms in total. The fraction of sp³-hybridized carbons (Fsp3) is 0.353. The Morgan fingerprint density at radius 1 is 1.23 bits per heavy atom. The van der Waals surface area contributed by atoms with Crippen LogP contribution in [-0.2, 0) is 20.9 Å². The van der Waals surface area contributed by atoms with E-state index in [0.717, 1.165) is 10.5 Å². The molecule has 1 fully saturated rings. The Labute approximate surface area is 149 Å². The van der Waals surface area contributed by atoms with Crippen molar-refractivity contribution in [2.45, 2.75) is 19.4 Å². The van der Waals surface area contributed by atoms with Gasteiger partial charge in [0, 0.05) is 25.6 Å². The lowest BCUT2D eigenvalue weighted by molar-refractivity contribution is -0.146. The first kappa shape index (κ1) is 17.6. The standard InChI is InChI=1S/C17H18N4O5/c1-20-10-14(22)21(17(20)24)9-5-8-15(23)25-11-13-18-19-16(26-13)12-6-3-2-4-7-12/h2-4,6-7H,5,8-11H2,1H3. The minimum atomic E-state index is -0.461. The van der Waals surface area contributed by atoms with Crippen LogP contribution in [0.15, 0.2) is 34.7 Å². The van der Waals surface area contributed by atoms with Crippen molar-refractivity contribution < 1.29 is 23.5 Å². The number of aromatic nitrogens is 2. The molecular formula is C17H18N4O5. The molecule has 9 heteroatoms. The zero-order valence-electron chi connectivity index (χ0n) is 14.3. The van der Waals surface area contributed by atoms with Gasteiger partial charge in [-0.3, -0.25) is 14.5 Å². The van der Waals surface area contributed by atoms with Crippen LogP contribution in [0, 0.1) is 0 Å². The Hall–Kier alpha value is -3.23. The minimum absolute atomic E-state index is 0.0736. The summed E-state index contributed by atoms with van der Waals surface area (Å²) in [6.45, 7) is 0.142. The lowest BCUT2D eigenvalue weighted by Gasteiger charge is -2.13. The van der Waals surface area contributed by atoms with Gasteiger partial charge in [0.1, 0.15) is 6.54 Å². The second-order valence-electron chi connectivity index (χ2n) is 5.82. The van der Waals surface area contributed by atoms with Crippen molar-refractivity contribution in [1.82, 2.24) is 20.0 Å². The summed E-state index contributed by atoms with van der Waals surface area (Å²) in [5.41, 5.74) is 0.780. The van der Waals surface area contributed by atoms with E-state index in [-0.39, 0.29) is 43.9 Å². The number of ether oxygens (including phenoxy) is 1. The molecule has 0 N–H and O–H groups in total. The molecule has 3 rings (SSSR count). The van der Waals surface area contributed by atoms with Crippen LogP contribution in [0.3, 0.4) is 0 Å². The van der Waals surface area contributed by atoms with Gasteiger partial charge in [-0.2, -0.15) is 0 Å². The van der Waals surface area contributed by atoms with E-state index in [4.69, 9.17) is 9.15 Å². The predicted molar refractivity (Wildman–Crippen MR) is 88.5 cm³/mol. The van der Waals surface area contributed by atoms with Crippen molar-refractivity contribution in [3.63, 3.8) is 0 Å². The van der Waals surface area contributed by atoms with E-state index in [2.05, 4.69) is 10.2 Å². The SMILES string of the molecule is CN1CC(=O)N(CCCC(=O)OCc2nnc(-c3ccccc3)o2)C1=O. The number of hydrogen-bond donors (Lipinski definition) is 0. The Morgan fingerprint density at radius 3 is 2.69 bits per heavy atom. The van der Waals surface area contributed by atoms with Gasteiger partial charge < -0.3 is 14.1 Å². The third kappa shape index (κ3) is 4.05. The van der Waals surface area contributed by atoms with Gasteiger partial charge in [-0.1, -0.05) is 18.2 Å². The lowest BCUT2D eigenvalue weighted by Crippen LogP contribution is -2.32. The zero-order chi connectivity index (χ0) is 18.5. The second kappa shape index (κ2) is 7.77. The Morgan fingerprint density at radius 2 is 2.00 bits per heavy atom. The van der Waals surface area contributed by atoms with Crippen LogP contribution in [0.2, 0.25) is 0 Å². The largest absolute Gasteiger partial charge is 0.456 e. The number of urea groups is 1. The van der Waals surface area contributed by atoms with Gasteiger partial charge in [0.25, 0.3) is 5.89 Å². The average Bonchev–Trinajstić information content (AvgIpc) is 3.21. The molecule has 2 heterocycles. The molecule has 136 valence electrons. The normalized spacial score (nSPS) is 14.2. The van der Waals surface area contributed by atoms with E-state index < -0.39 is 5.97 Å². The van der Waals surface area contributed by atoms with E-state index in [9.17, 15) is 14.4 Å². The van der Waals surface area contributed by atoms with Gasteiger partial charge in [0.15, 0.2) is 6.61 Å². The van der Waals surface area contributed by atoms with Gasteiger partial charge >= 0.3 is 12.0 Å². The molecule has 0 atom stereocenters. The average molecular weight is 358 g/mol. The number of amides is 3. The van der Waals surface area contributed by atoms with Crippen LogP contribution in [0.4, 0.5) is 4.79 Å². The fourth-order valence-electron chi connectivity index (χ4n) is 2.49. The van der Waals surface area contributed by atoms with Gasteiger partial charge in [-0.15, -0.1) is 10.2 Å². The maximum absolute atomic E-state index is 11.8. The van der Waals surface area contributed by atoms with Gasteiger partial charge in [0.2, 0.25) is 11.8 Å². The van der Waals surface area contributed by atoms with Gasteiger partial charge in [0.05, 0.1) is 0 Å². The minimum Gasteiger partial charge on any atom is -0.456 e. The summed E-state index contributed by atoms with van der Waals surface area (Å²) in [5, 5.41) is 7.75. The molecule has 1 aromatic heterocycles. The number of carbonyl (C=O) groups excluding carboxylic acids is 3. The monoisotopic (exact) mass is 358 g/mol. The molecule has 0 bridgehead atoms. The van der Waals surface area contributed by atoms with Crippen LogP contribution in [0.5, 0.6) is 0 Å². The Balaban J connectivity index is 1.41. The van der Waals surface area contributed by atoms with Crippen molar-refractivity contribution in [2.75, 3.05) is 20.1 Å². The Kier molecular flexibility index (Phi) is 5.26. The van der Waals surface area contributed by atoms with E-state index >= 15 is 0 Å². The van der Waals surface area contributed by atoms with E-state index in [1.165, 1.54) is 4.90 Å². The highest BCUT2D eigenvalue weighted by molar-refractivity contribution is 6.01. The van der Waals surface area contributed by atoms with Crippen LogP contribution in [-0.4, -0.2) is 58.0 Å². The van der Waals surface area contributed by atoms with E-state index in [0.29, 0.717) is 12.3 Å². The number of imide groups is 1. The first-order chi connectivity index (χ1) is 12.5. The summed E-state index contributed by atoms with van der Waals surface area (Å²) in [7, 11) is 1.56. The van der Waals surface area contributed by atoms with Crippen LogP contribution >= 0.6 is 0 Å². The maximum Gasteiger partial charge on any atom is 0.326 e. The number of likely N-dealkylation sites (N-methyl/N-ethyl adjacent to an activating group) is 1. The number of rotatable bonds is 7.